The maximum Gasteiger partial charge on any atom is 0.279 e. The van der Waals surface area contributed by atoms with Gasteiger partial charge < -0.3 is 15.0 Å². The number of halogens is 1. The molecule has 4 nitrogen and oxygen atoms in total. The zero-order valence-electron chi connectivity index (χ0n) is 12.1. The quantitative estimate of drug-likeness (QED) is 0.891. The number of hydrogen-bond acceptors (Lipinski definition) is 2. The molecule has 0 heterocycles. The molecule has 0 saturated heterocycles. The fraction of sp³-hybridized carbons (Fsp3) is 0.500. The molecule has 106 valence electrons. The molecule has 1 aromatic carbocycles. The molecule has 0 aliphatic rings. The van der Waals surface area contributed by atoms with E-state index in [1.54, 1.807) is 26.1 Å². The molecule has 1 aromatic rings. The van der Waals surface area contributed by atoms with Crippen molar-refractivity contribution in [2.75, 3.05) is 21.2 Å². The van der Waals surface area contributed by atoms with E-state index >= 15 is 0 Å². The molecule has 0 aliphatic carbocycles. The van der Waals surface area contributed by atoms with Crippen LogP contribution in [0.4, 0.5) is 0 Å². The number of methoxy groups -OCH3 is 1. The summed E-state index contributed by atoms with van der Waals surface area (Å²) in [7, 11) is 5.20. The van der Waals surface area contributed by atoms with Gasteiger partial charge in [0.05, 0.1) is 11.6 Å². The van der Waals surface area contributed by atoms with Crippen LogP contribution in [0.25, 0.3) is 0 Å². The highest BCUT2D eigenvalue weighted by atomic mass is 79.9. The smallest absolute Gasteiger partial charge is 0.279 e. The maximum atomic E-state index is 11.8. The maximum absolute atomic E-state index is 11.8. The highest BCUT2D eigenvalue weighted by Gasteiger charge is 2.21. The average Bonchev–Trinajstić information content (AvgIpc) is 2.37. The van der Waals surface area contributed by atoms with E-state index in [4.69, 9.17) is 4.74 Å². The van der Waals surface area contributed by atoms with E-state index in [9.17, 15) is 4.79 Å². The first kappa shape index (κ1) is 16.0. The minimum atomic E-state index is -0.0918. The van der Waals surface area contributed by atoms with Gasteiger partial charge in [0.2, 0.25) is 0 Å². The van der Waals surface area contributed by atoms with Gasteiger partial charge in [-0.1, -0.05) is 0 Å². The SMILES string of the molecule is COc1ccc([C@@H](C)[NH2+][C@H](C)C(=O)N(C)C)cc1Br. The van der Waals surface area contributed by atoms with Gasteiger partial charge in [0.1, 0.15) is 11.8 Å². The number of carbonyl (C=O) groups excluding carboxylic acids is 1. The van der Waals surface area contributed by atoms with Gasteiger partial charge in [-0.05, 0) is 48.0 Å². The highest BCUT2D eigenvalue weighted by molar-refractivity contribution is 9.10. The van der Waals surface area contributed by atoms with Gasteiger partial charge in [-0.2, -0.15) is 0 Å². The van der Waals surface area contributed by atoms with Crippen LogP contribution >= 0.6 is 15.9 Å². The number of hydrogen-bond donors (Lipinski definition) is 1. The number of benzene rings is 1. The Morgan fingerprint density at radius 2 is 2.00 bits per heavy atom. The Kier molecular flexibility index (Phi) is 5.82. The molecule has 0 radical (unpaired) electrons. The van der Waals surface area contributed by atoms with Crippen LogP contribution in [0.15, 0.2) is 22.7 Å². The van der Waals surface area contributed by atoms with E-state index in [-0.39, 0.29) is 18.0 Å². The van der Waals surface area contributed by atoms with Crippen molar-refractivity contribution in [3.05, 3.63) is 28.2 Å². The number of nitrogens with zero attached hydrogens (tertiary/aromatic N) is 1. The van der Waals surface area contributed by atoms with E-state index in [2.05, 4.69) is 28.2 Å². The zero-order valence-corrected chi connectivity index (χ0v) is 13.7. The first-order valence-corrected chi connectivity index (χ1v) is 7.05. The zero-order chi connectivity index (χ0) is 14.6. The number of quaternary nitrogens is 1. The van der Waals surface area contributed by atoms with Crippen molar-refractivity contribution in [1.82, 2.24) is 4.90 Å². The van der Waals surface area contributed by atoms with E-state index in [1.807, 2.05) is 25.1 Å². The lowest BCUT2D eigenvalue weighted by atomic mass is 10.1. The van der Waals surface area contributed by atoms with Crippen LogP contribution in [0.5, 0.6) is 5.75 Å². The third-order valence-corrected chi connectivity index (χ3v) is 3.73. The van der Waals surface area contributed by atoms with Crippen molar-refractivity contribution in [1.29, 1.82) is 0 Å². The van der Waals surface area contributed by atoms with Gasteiger partial charge in [-0.15, -0.1) is 0 Å². The molecule has 0 fully saturated rings. The molecule has 0 aliphatic heterocycles. The molecule has 0 aromatic heterocycles. The minimum absolute atomic E-state index is 0.0918. The molecular weight excluding hydrogens is 308 g/mol. The van der Waals surface area contributed by atoms with Gasteiger partial charge in [-0.3, -0.25) is 4.79 Å². The second-order valence-corrected chi connectivity index (χ2v) is 5.75. The first-order valence-electron chi connectivity index (χ1n) is 6.26. The summed E-state index contributed by atoms with van der Waals surface area (Å²) in [6, 6.07) is 6.11. The summed E-state index contributed by atoms with van der Waals surface area (Å²) in [5.74, 6) is 0.938. The number of nitrogens with two attached hydrogens (primary N) is 1. The summed E-state index contributed by atoms with van der Waals surface area (Å²) >= 11 is 3.48. The number of rotatable bonds is 5. The minimum Gasteiger partial charge on any atom is -0.496 e. The van der Waals surface area contributed by atoms with Crippen LogP contribution in [0, 0.1) is 0 Å². The lowest BCUT2D eigenvalue weighted by Gasteiger charge is -2.20. The fourth-order valence-electron chi connectivity index (χ4n) is 2.00. The molecule has 5 heteroatoms. The predicted molar refractivity (Wildman–Crippen MR) is 79.2 cm³/mol. The average molecular weight is 330 g/mol. The van der Waals surface area contributed by atoms with E-state index in [0.29, 0.717) is 0 Å². The summed E-state index contributed by atoms with van der Waals surface area (Å²) in [4.78, 5) is 13.5. The number of ether oxygens (including phenoxy) is 1. The lowest BCUT2D eigenvalue weighted by molar-refractivity contribution is -0.710. The predicted octanol–water partition coefficient (Wildman–Crippen LogP) is 1.56. The Balaban J connectivity index is 2.75. The molecule has 2 N–H and O–H groups in total. The normalized spacial score (nSPS) is 13.8. The standard InChI is InChI=1S/C14H21BrN2O2/c1-9(16-10(2)14(18)17(3)4)11-6-7-13(19-5)12(15)8-11/h6-10,16H,1-5H3/p+1/t9-,10-/m1/s1. The summed E-state index contributed by atoms with van der Waals surface area (Å²) in [5, 5.41) is 2.07. The van der Waals surface area contributed by atoms with Crippen LogP contribution in [-0.4, -0.2) is 38.1 Å². The second kappa shape index (κ2) is 6.91. The van der Waals surface area contributed by atoms with E-state index in [1.165, 1.54) is 0 Å². The lowest BCUT2D eigenvalue weighted by Crippen LogP contribution is -2.92. The monoisotopic (exact) mass is 329 g/mol. The second-order valence-electron chi connectivity index (χ2n) is 4.90. The Morgan fingerprint density at radius 1 is 1.37 bits per heavy atom. The van der Waals surface area contributed by atoms with Crippen LogP contribution in [0.3, 0.4) is 0 Å². The third kappa shape index (κ3) is 4.21. The van der Waals surface area contributed by atoms with Crippen LogP contribution < -0.4 is 10.1 Å². The van der Waals surface area contributed by atoms with Gasteiger partial charge >= 0.3 is 0 Å². The van der Waals surface area contributed by atoms with Crippen molar-refractivity contribution >= 4 is 21.8 Å². The van der Waals surface area contributed by atoms with Gasteiger partial charge in [0.25, 0.3) is 5.91 Å². The molecule has 19 heavy (non-hydrogen) atoms. The van der Waals surface area contributed by atoms with Crippen molar-refractivity contribution in [2.45, 2.75) is 25.9 Å². The Labute approximate surface area is 123 Å². The third-order valence-electron chi connectivity index (χ3n) is 3.11. The van der Waals surface area contributed by atoms with Gasteiger partial charge in [0.15, 0.2) is 6.04 Å². The van der Waals surface area contributed by atoms with Crippen LogP contribution in [0.2, 0.25) is 0 Å². The molecular formula is C14H22BrN2O2+. The number of amides is 1. The summed E-state index contributed by atoms with van der Waals surface area (Å²) in [5.41, 5.74) is 1.16. The summed E-state index contributed by atoms with van der Waals surface area (Å²) < 4.78 is 6.14. The van der Waals surface area contributed by atoms with E-state index in [0.717, 1.165) is 15.8 Å². The topological polar surface area (TPSA) is 46.1 Å². The molecule has 0 bridgehead atoms. The Hall–Kier alpha value is -1.07. The fourth-order valence-corrected chi connectivity index (χ4v) is 2.56. The largest absolute Gasteiger partial charge is 0.496 e. The molecule has 0 saturated carbocycles. The molecule has 1 amide bonds. The summed E-state index contributed by atoms with van der Waals surface area (Å²) in [6.07, 6.45) is 0. The number of likely N-dealkylation sites (N-methyl/N-ethyl adjacent to an activating group) is 1. The van der Waals surface area contributed by atoms with E-state index < -0.39 is 0 Å². The van der Waals surface area contributed by atoms with Crippen LogP contribution in [-0.2, 0) is 4.79 Å². The molecule has 1 rings (SSSR count). The Morgan fingerprint density at radius 3 is 2.47 bits per heavy atom. The number of carbonyl (C=O) groups is 1. The van der Waals surface area contributed by atoms with Gasteiger partial charge in [-0.25, -0.2) is 0 Å². The molecule has 2 atom stereocenters. The highest BCUT2D eigenvalue weighted by Crippen LogP contribution is 2.27. The Bertz CT molecular complexity index is 449. The van der Waals surface area contributed by atoms with Crippen molar-refractivity contribution < 1.29 is 14.8 Å². The van der Waals surface area contributed by atoms with Crippen molar-refractivity contribution in [3.63, 3.8) is 0 Å². The van der Waals surface area contributed by atoms with Crippen molar-refractivity contribution in [2.24, 2.45) is 0 Å². The van der Waals surface area contributed by atoms with Gasteiger partial charge in [0, 0.05) is 19.7 Å². The van der Waals surface area contributed by atoms with Crippen LogP contribution in [0.1, 0.15) is 25.5 Å². The molecule has 0 spiro atoms. The molecule has 0 unspecified atom stereocenters. The summed E-state index contributed by atoms with van der Waals surface area (Å²) in [6.45, 7) is 4.02. The van der Waals surface area contributed by atoms with Crippen molar-refractivity contribution in [3.8, 4) is 5.75 Å². The first-order chi connectivity index (χ1) is 8.86.